The predicted octanol–water partition coefficient (Wildman–Crippen LogP) is 5.64. The minimum atomic E-state index is -4.91. The van der Waals surface area contributed by atoms with Crippen molar-refractivity contribution in [1.29, 1.82) is 0 Å². The maximum absolute atomic E-state index is 14.8. The number of alkyl halides is 3. The Labute approximate surface area is 341 Å². The number of sulfonamides is 1. The third-order valence-corrected chi connectivity index (χ3v) is 14.3. The SMILES string of the molecule is Cc1nc2ccc(OC(F)(F)F)cc2c2c1OC1(CC2)CC2C(=O)NC3(C(=O)NS(=O)(=O)C4(C)CC4)CC3C=CCCCCCC(NC(=O)OCC(C)(C)C)C(=O)N2C1. The zero-order valence-corrected chi connectivity index (χ0v) is 34.7. The van der Waals surface area contributed by atoms with Crippen LogP contribution in [0.3, 0.4) is 0 Å². The van der Waals surface area contributed by atoms with Gasteiger partial charge in [0.25, 0.3) is 5.91 Å². The molecule has 59 heavy (non-hydrogen) atoms. The standard InChI is InChI=1S/C41H52F3N5O9S/c1-24-32-27(28-19-26(57-41(42,43)44)13-14-29(28)45-24)15-16-39(58-32)21-31-33(50)47-40(35(52)48-59(54,55)38(5)17-18-38)20-25(40)11-9-7-6-8-10-12-30(34(51)49(31)22-39)46-36(53)56-23-37(2,3)4/h9,11,13-14,19,25,30-31H,6-8,10,12,15-18,20-23H2,1-5H3,(H,46,53)(H,47,50)(H,48,52). The number of hydrogen-bond donors (Lipinski definition) is 3. The van der Waals surface area contributed by atoms with Crippen LogP contribution in [0.25, 0.3) is 10.9 Å². The molecule has 14 nitrogen and oxygen atoms in total. The van der Waals surface area contributed by atoms with Gasteiger partial charge in [-0.1, -0.05) is 45.8 Å². The fraction of sp³-hybridized carbons (Fsp3) is 0.634. The van der Waals surface area contributed by atoms with E-state index in [-0.39, 0.29) is 50.7 Å². The van der Waals surface area contributed by atoms with E-state index in [0.29, 0.717) is 60.0 Å². The van der Waals surface area contributed by atoms with Gasteiger partial charge in [0, 0.05) is 23.3 Å². The van der Waals surface area contributed by atoms with Gasteiger partial charge in [-0.3, -0.25) is 19.1 Å². The number of benzene rings is 1. The summed E-state index contributed by atoms with van der Waals surface area (Å²) in [7, 11) is -4.05. The third kappa shape index (κ3) is 8.97. The van der Waals surface area contributed by atoms with Gasteiger partial charge in [-0.2, -0.15) is 0 Å². The number of pyridine rings is 1. The van der Waals surface area contributed by atoms with Gasteiger partial charge in [0.1, 0.15) is 34.7 Å². The first kappa shape index (κ1) is 42.5. The number of rotatable bonds is 6. The number of amides is 4. The number of hydrogen-bond acceptors (Lipinski definition) is 10. The maximum atomic E-state index is 14.8. The first-order valence-electron chi connectivity index (χ1n) is 20.2. The molecule has 5 atom stereocenters. The fourth-order valence-corrected chi connectivity index (χ4v) is 9.65. The molecule has 3 fully saturated rings. The molecule has 2 aliphatic carbocycles. The zero-order chi connectivity index (χ0) is 42.8. The Hall–Kier alpha value is -4.61. The summed E-state index contributed by atoms with van der Waals surface area (Å²) in [4.78, 5) is 62.4. The monoisotopic (exact) mass is 847 g/mol. The summed E-state index contributed by atoms with van der Waals surface area (Å²) in [6.07, 6.45) is 2.37. The third-order valence-electron chi connectivity index (χ3n) is 12.1. The van der Waals surface area contributed by atoms with Crippen LogP contribution in [-0.2, 0) is 35.6 Å². The lowest BCUT2D eigenvalue weighted by Gasteiger charge is -2.36. The van der Waals surface area contributed by atoms with E-state index in [1.165, 1.54) is 23.1 Å². The second-order valence-corrected chi connectivity index (χ2v) is 20.5. The van der Waals surface area contributed by atoms with Crippen LogP contribution in [0.15, 0.2) is 30.4 Å². The van der Waals surface area contributed by atoms with Crippen molar-refractivity contribution in [2.24, 2.45) is 11.3 Å². The van der Waals surface area contributed by atoms with Crippen LogP contribution in [-0.4, -0.2) is 89.6 Å². The number of allylic oxidation sites excluding steroid dienone is 1. The molecule has 3 N–H and O–H groups in total. The largest absolute Gasteiger partial charge is 0.573 e. The van der Waals surface area contributed by atoms with Gasteiger partial charge >= 0.3 is 12.5 Å². The first-order chi connectivity index (χ1) is 27.5. The maximum Gasteiger partial charge on any atom is 0.573 e. The summed E-state index contributed by atoms with van der Waals surface area (Å²) in [5.41, 5.74) is -1.64. The molecule has 4 amide bonds. The summed E-state index contributed by atoms with van der Waals surface area (Å²) in [6, 6.07) is 1.57. The van der Waals surface area contributed by atoms with Crippen molar-refractivity contribution in [1.82, 2.24) is 25.2 Å². The summed E-state index contributed by atoms with van der Waals surface area (Å²) < 4.78 is 83.4. The first-order valence-corrected chi connectivity index (χ1v) is 21.7. The molecule has 2 aromatic rings. The molecule has 0 radical (unpaired) electrons. The highest BCUT2D eigenvalue weighted by Crippen LogP contribution is 2.49. The number of fused-ring (bicyclic) bond motifs is 5. The van der Waals surface area contributed by atoms with Gasteiger partial charge in [0.2, 0.25) is 21.8 Å². The second kappa shape index (κ2) is 15.1. The Bertz CT molecular complexity index is 2190. The smallest absolute Gasteiger partial charge is 0.483 e. The van der Waals surface area contributed by atoms with Crippen molar-refractivity contribution >= 4 is 44.7 Å². The molecule has 322 valence electrons. The summed E-state index contributed by atoms with van der Waals surface area (Å²) in [5.74, 6) is -2.72. The topological polar surface area (TPSA) is 182 Å². The highest BCUT2D eigenvalue weighted by molar-refractivity contribution is 7.91. The van der Waals surface area contributed by atoms with Crippen LogP contribution in [0.5, 0.6) is 11.5 Å². The minimum Gasteiger partial charge on any atom is -0.483 e. The molecular formula is C41H52F3N5O9S. The highest BCUT2D eigenvalue weighted by atomic mass is 32.2. The average molecular weight is 848 g/mol. The summed E-state index contributed by atoms with van der Waals surface area (Å²) in [6.45, 7) is 8.92. The van der Waals surface area contributed by atoms with Crippen LogP contribution in [0.4, 0.5) is 18.0 Å². The minimum absolute atomic E-state index is 0.0471. The number of aryl methyl sites for hydroxylation is 2. The quantitative estimate of drug-likeness (QED) is 0.308. The molecule has 1 spiro atoms. The Morgan fingerprint density at radius 1 is 1.08 bits per heavy atom. The molecule has 1 saturated heterocycles. The molecule has 0 bridgehead atoms. The summed E-state index contributed by atoms with van der Waals surface area (Å²) >= 11 is 0. The number of carbonyl (C=O) groups is 4. The van der Waals surface area contributed by atoms with E-state index >= 15 is 0 Å². The van der Waals surface area contributed by atoms with Gasteiger partial charge in [0.15, 0.2) is 0 Å². The average Bonchev–Trinajstić information content (AvgIpc) is 4.03. The van der Waals surface area contributed by atoms with E-state index in [2.05, 4.69) is 25.1 Å². The zero-order valence-electron chi connectivity index (χ0n) is 33.9. The van der Waals surface area contributed by atoms with Crippen LogP contribution >= 0.6 is 0 Å². The molecule has 5 unspecified atom stereocenters. The molecule has 2 saturated carbocycles. The number of nitrogens with one attached hydrogen (secondary N) is 3. The molecule has 1 aromatic heterocycles. The number of alkyl carbamates (subject to hydrolysis) is 1. The normalized spacial score (nSPS) is 28.2. The van der Waals surface area contributed by atoms with Gasteiger partial charge < -0.3 is 29.7 Å². The summed E-state index contributed by atoms with van der Waals surface area (Å²) in [5, 5.41) is 6.01. The molecule has 1 aromatic carbocycles. The van der Waals surface area contributed by atoms with Crippen LogP contribution in [0.2, 0.25) is 0 Å². The molecule has 18 heteroatoms. The molecule has 4 heterocycles. The van der Waals surface area contributed by atoms with Gasteiger partial charge in [-0.05, 0) is 88.8 Å². The lowest BCUT2D eigenvalue weighted by atomic mass is 9.87. The van der Waals surface area contributed by atoms with Crippen LogP contribution in [0, 0.1) is 18.3 Å². The van der Waals surface area contributed by atoms with E-state index in [4.69, 9.17) is 9.47 Å². The Kier molecular flexibility index (Phi) is 10.9. The van der Waals surface area contributed by atoms with Crippen molar-refractivity contribution in [2.75, 3.05) is 13.2 Å². The number of carbonyl (C=O) groups excluding carboxylic acids is 4. The van der Waals surface area contributed by atoms with Crippen LogP contribution in [0.1, 0.15) is 103 Å². The van der Waals surface area contributed by atoms with Crippen LogP contribution < -0.4 is 24.8 Å². The van der Waals surface area contributed by atoms with Crippen molar-refractivity contribution in [3.8, 4) is 11.5 Å². The number of halogens is 3. The van der Waals surface area contributed by atoms with Crippen molar-refractivity contribution in [2.45, 2.75) is 140 Å². The fourth-order valence-electron chi connectivity index (χ4n) is 8.33. The van der Waals surface area contributed by atoms with Crippen molar-refractivity contribution in [3.05, 3.63) is 41.6 Å². The predicted molar refractivity (Wildman–Crippen MR) is 209 cm³/mol. The van der Waals surface area contributed by atoms with Gasteiger partial charge in [-0.25, -0.2) is 18.2 Å². The second-order valence-electron chi connectivity index (χ2n) is 18.3. The number of aromatic nitrogens is 1. The van der Waals surface area contributed by atoms with Gasteiger partial charge in [-0.15, -0.1) is 13.2 Å². The van der Waals surface area contributed by atoms with E-state index in [1.54, 1.807) is 13.8 Å². The highest BCUT2D eigenvalue weighted by Gasteiger charge is 2.64. The number of nitrogens with zero attached hydrogens (tertiary/aromatic N) is 2. The van der Waals surface area contributed by atoms with E-state index < -0.39 is 79.8 Å². The van der Waals surface area contributed by atoms with Crippen molar-refractivity contribution in [3.63, 3.8) is 0 Å². The van der Waals surface area contributed by atoms with E-state index in [0.717, 1.165) is 6.42 Å². The van der Waals surface area contributed by atoms with Gasteiger partial charge in [0.05, 0.1) is 29.1 Å². The molecule has 7 rings (SSSR count). The lowest BCUT2D eigenvalue weighted by molar-refractivity contribution is -0.274. The van der Waals surface area contributed by atoms with E-state index in [9.17, 15) is 40.8 Å². The Morgan fingerprint density at radius 2 is 1.83 bits per heavy atom. The van der Waals surface area contributed by atoms with E-state index in [1.807, 2.05) is 32.9 Å². The molecule has 3 aliphatic heterocycles. The lowest BCUT2D eigenvalue weighted by Crippen LogP contribution is -2.58. The Morgan fingerprint density at radius 3 is 2.53 bits per heavy atom. The molecular weight excluding hydrogens is 796 g/mol. The van der Waals surface area contributed by atoms with Crippen molar-refractivity contribution < 1.29 is 55.0 Å². The Balaban J connectivity index is 1.23. The molecule has 5 aliphatic rings. The number of ether oxygens (including phenoxy) is 3.